The molecule has 1 aromatic carbocycles. The van der Waals surface area contributed by atoms with Crippen LogP contribution in [0.2, 0.25) is 10.0 Å². The molecule has 6 nitrogen and oxygen atoms in total. The molecule has 0 aliphatic carbocycles. The Hall–Kier alpha value is -1.34. The minimum atomic E-state index is -0.174. The molecule has 4 rings (SSSR count). The number of amides is 1. The van der Waals surface area contributed by atoms with E-state index in [9.17, 15) is 4.79 Å². The van der Waals surface area contributed by atoms with Crippen molar-refractivity contribution in [3.8, 4) is 0 Å². The molecular weight excluding hydrogens is 385 g/mol. The first-order valence-corrected chi connectivity index (χ1v) is 9.96. The Balaban J connectivity index is 1.26. The lowest BCUT2D eigenvalue weighted by Gasteiger charge is -2.60. The monoisotopic (exact) mass is 409 g/mol. The highest BCUT2D eigenvalue weighted by Crippen LogP contribution is 2.40. The van der Waals surface area contributed by atoms with Gasteiger partial charge in [0.1, 0.15) is 11.3 Å². The number of hydrogen-bond donors (Lipinski definition) is 2. The van der Waals surface area contributed by atoms with E-state index in [1.807, 2.05) is 26.8 Å². The zero-order chi connectivity index (χ0) is 19.4. The van der Waals surface area contributed by atoms with Gasteiger partial charge >= 0.3 is 0 Å². The van der Waals surface area contributed by atoms with Crippen molar-refractivity contribution in [3.05, 3.63) is 28.0 Å². The van der Waals surface area contributed by atoms with E-state index < -0.39 is 0 Å². The molecule has 8 heteroatoms. The average Bonchev–Trinajstić information content (AvgIpc) is 2.83. The van der Waals surface area contributed by atoms with Gasteiger partial charge in [-0.05, 0) is 32.9 Å². The molecule has 1 spiro atoms. The van der Waals surface area contributed by atoms with Crippen LogP contribution >= 0.6 is 23.2 Å². The van der Waals surface area contributed by atoms with Crippen LogP contribution in [0.3, 0.4) is 0 Å². The van der Waals surface area contributed by atoms with E-state index in [1.54, 1.807) is 6.07 Å². The number of carbonyl (C=O) groups excluding carboxylic acids is 1. The van der Waals surface area contributed by atoms with Crippen molar-refractivity contribution in [2.24, 2.45) is 5.41 Å². The Morgan fingerprint density at radius 3 is 2.56 bits per heavy atom. The Bertz CT molecular complexity index is 874. The fourth-order valence-corrected chi connectivity index (χ4v) is 4.80. The van der Waals surface area contributed by atoms with E-state index in [1.165, 1.54) is 0 Å². The molecular formula is C19H25Cl2N5O. The lowest BCUT2D eigenvalue weighted by atomic mass is 9.73. The molecule has 27 heavy (non-hydrogen) atoms. The van der Waals surface area contributed by atoms with Crippen molar-refractivity contribution in [2.75, 3.05) is 32.7 Å². The van der Waals surface area contributed by atoms with Gasteiger partial charge in [0.2, 0.25) is 5.91 Å². The molecule has 0 unspecified atom stereocenters. The highest BCUT2D eigenvalue weighted by atomic mass is 35.5. The highest BCUT2D eigenvalue weighted by Gasteiger charge is 2.51. The van der Waals surface area contributed by atoms with Crippen LogP contribution in [-0.4, -0.2) is 63.9 Å². The van der Waals surface area contributed by atoms with Crippen LogP contribution in [0.25, 0.3) is 11.0 Å². The van der Waals surface area contributed by atoms with Crippen LogP contribution in [0.4, 0.5) is 0 Å². The summed E-state index contributed by atoms with van der Waals surface area (Å²) < 4.78 is 0. The van der Waals surface area contributed by atoms with Crippen LogP contribution in [0, 0.1) is 5.41 Å². The number of H-pyrrole nitrogens is 1. The number of nitrogens with one attached hydrogen (secondary N) is 2. The number of aromatic nitrogens is 2. The first-order valence-electron chi connectivity index (χ1n) is 9.20. The van der Waals surface area contributed by atoms with E-state index >= 15 is 0 Å². The fourth-order valence-electron chi connectivity index (χ4n) is 4.27. The summed E-state index contributed by atoms with van der Waals surface area (Å²) in [5, 5.41) is 4.20. The van der Waals surface area contributed by atoms with Crippen molar-refractivity contribution < 1.29 is 4.79 Å². The number of rotatable bonds is 4. The summed E-state index contributed by atoms with van der Waals surface area (Å²) in [6.45, 7) is 11.3. The summed E-state index contributed by atoms with van der Waals surface area (Å²) in [6, 6.07) is 3.57. The molecule has 146 valence electrons. The van der Waals surface area contributed by atoms with Crippen molar-refractivity contribution in [1.29, 1.82) is 0 Å². The van der Waals surface area contributed by atoms with Crippen molar-refractivity contribution in [3.63, 3.8) is 0 Å². The number of imidazole rings is 1. The number of likely N-dealkylation sites (tertiary alicyclic amines) is 2. The third kappa shape index (κ3) is 4.09. The van der Waals surface area contributed by atoms with Crippen LogP contribution < -0.4 is 5.32 Å². The molecule has 2 aliphatic rings. The van der Waals surface area contributed by atoms with Gasteiger partial charge in [-0.25, -0.2) is 4.98 Å². The van der Waals surface area contributed by atoms with Crippen LogP contribution in [0.15, 0.2) is 12.1 Å². The molecule has 0 saturated carbocycles. The molecule has 0 bridgehead atoms. The van der Waals surface area contributed by atoms with Gasteiger partial charge in [-0.1, -0.05) is 23.2 Å². The van der Waals surface area contributed by atoms with E-state index in [0.29, 0.717) is 22.0 Å². The van der Waals surface area contributed by atoms with E-state index in [-0.39, 0.29) is 11.4 Å². The normalized spacial score (nSPS) is 19.9. The quantitative estimate of drug-likeness (QED) is 0.814. The first kappa shape index (κ1) is 19.0. The second-order valence-corrected chi connectivity index (χ2v) is 9.90. The van der Waals surface area contributed by atoms with Crippen molar-refractivity contribution in [1.82, 2.24) is 25.1 Å². The molecule has 1 amide bonds. The third-order valence-electron chi connectivity index (χ3n) is 5.04. The van der Waals surface area contributed by atoms with Crippen molar-refractivity contribution in [2.45, 2.75) is 32.9 Å². The minimum absolute atomic E-state index is 0.103. The number of aromatic amines is 1. The van der Waals surface area contributed by atoms with E-state index in [0.717, 1.165) is 49.6 Å². The van der Waals surface area contributed by atoms with Gasteiger partial charge in [0.15, 0.2) is 0 Å². The van der Waals surface area contributed by atoms with Crippen LogP contribution in [0.5, 0.6) is 0 Å². The van der Waals surface area contributed by atoms with Crippen molar-refractivity contribution >= 4 is 40.1 Å². The number of halogens is 2. The number of nitrogens with zero attached hydrogens (tertiary/aromatic N) is 3. The molecule has 3 heterocycles. The fraction of sp³-hybridized carbons (Fsp3) is 0.579. The van der Waals surface area contributed by atoms with E-state index in [2.05, 4.69) is 25.1 Å². The second-order valence-electron chi connectivity index (χ2n) is 9.06. The van der Waals surface area contributed by atoms with Gasteiger partial charge in [-0.3, -0.25) is 14.6 Å². The maximum Gasteiger partial charge on any atom is 0.234 e. The Morgan fingerprint density at radius 1 is 1.22 bits per heavy atom. The Labute approximate surface area is 169 Å². The maximum absolute atomic E-state index is 12.0. The molecule has 2 saturated heterocycles. The molecule has 0 atom stereocenters. The SMILES string of the molecule is CC(C)(C)NC(=O)CN1CC2(C1)CN(Cc1nc3c(Cl)cc(Cl)cc3[nH]1)C2. The largest absolute Gasteiger partial charge is 0.350 e. The molecule has 2 aliphatic heterocycles. The lowest BCUT2D eigenvalue weighted by Crippen LogP contribution is -2.72. The van der Waals surface area contributed by atoms with Gasteiger partial charge in [-0.2, -0.15) is 0 Å². The van der Waals surface area contributed by atoms with Crippen LogP contribution in [-0.2, 0) is 11.3 Å². The predicted octanol–water partition coefficient (Wildman–Crippen LogP) is 2.90. The van der Waals surface area contributed by atoms with Gasteiger partial charge < -0.3 is 10.3 Å². The summed E-state index contributed by atoms with van der Waals surface area (Å²) in [7, 11) is 0. The summed E-state index contributed by atoms with van der Waals surface area (Å²) in [6.07, 6.45) is 0. The molecule has 2 N–H and O–H groups in total. The zero-order valence-electron chi connectivity index (χ0n) is 15.9. The number of carbonyl (C=O) groups is 1. The summed E-state index contributed by atoms with van der Waals surface area (Å²) in [5.74, 6) is 1.01. The lowest BCUT2D eigenvalue weighted by molar-refractivity contribution is -0.139. The van der Waals surface area contributed by atoms with Gasteiger partial charge in [-0.15, -0.1) is 0 Å². The summed E-state index contributed by atoms with van der Waals surface area (Å²) in [4.78, 5) is 24.5. The smallest absolute Gasteiger partial charge is 0.234 e. The summed E-state index contributed by atoms with van der Waals surface area (Å²) >= 11 is 12.3. The van der Waals surface area contributed by atoms with Gasteiger partial charge in [0, 0.05) is 42.2 Å². The average molecular weight is 410 g/mol. The van der Waals surface area contributed by atoms with Gasteiger partial charge in [0.05, 0.1) is 23.6 Å². The molecule has 1 aromatic heterocycles. The standard InChI is InChI=1S/C19H25Cl2N5O/c1-18(2,3)24-16(27)7-26-10-19(11-26)8-25(9-19)6-15-22-14-5-12(20)4-13(21)17(14)23-15/h4-5H,6-11H2,1-3H3,(H,22,23)(H,24,27). The van der Waals surface area contributed by atoms with E-state index in [4.69, 9.17) is 23.2 Å². The molecule has 2 fully saturated rings. The maximum atomic E-state index is 12.0. The second kappa shape index (κ2) is 6.62. The highest BCUT2D eigenvalue weighted by molar-refractivity contribution is 6.38. The zero-order valence-corrected chi connectivity index (χ0v) is 17.4. The number of hydrogen-bond acceptors (Lipinski definition) is 4. The first-order chi connectivity index (χ1) is 12.6. The number of fused-ring (bicyclic) bond motifs is 1. The topological polar surface area (TPSA) is 64.3 Å². The molecule has 0 radical (unpaired) electrons. The third-order valence-corrected chi connectivity index (χ3v) is 5.55. The molecule has 2 aromatic rings. The van der Waals surface area contributed by atoms with Gasteiger partial charge in [0.25, 0.3) is 0 Å². The summed E-state index contributed by atoms with van der Waals surface area (Å²) in [5.41, 5.74) is 1.81. The predicted molar refractivity (Wildman–Crippen MR) is 108 cm³/mol. The number of benzene rings is 1. The Kier molecular flexibility index (Phi) is 4.66. The van der Waals surface area contributed by atoms with Crippen LogP contribution in [0.1, 0.15) is 26.6 Å². The Morgan fingerprint density at radius 2 is 1.89 bits per heavy atom. The minimum Gasteiger partial charge on any atom is -0.350 e.